The molecule has 19 heavy (non-hydrogen) atoms. The van der Waals surface area contributed by atoms with Crippen molar-refractivity contribution < 1.29 is 4.74 Å². The van der Waals surface area contributed by atoms with Gasteiger partial charge in [0.05, 0.1) is 24.0 Å². The molecule has 1 N–H and O–H groups in total. The lowest BCUT2D eigenvalue weighted by Gasteiger charge is -2.24. The largest absolute Gasteiger partial charge is 0.380 e. The number of pyridine rings is 1. The molecule has 1 aliphatic rings. The molecular formula is C13H15BrN4O. The topological polar surface area (TPSA) is 54.0 Å². The second-order valence-corrected chi connectivity index (χ2v) is 5.51. The van der Waals surface area contributed by atoms with Crippen molar-refractivity contribution in [2.24, 2.45) is 0 Å². The zero-order valence-corrected chi connectivity index (χ0v) is 12.2. The third-order valence-electron chi connectivity index (χ3n) is 3.45. The van der Waals surface area contributed by atoms with Crippen LogP contribution in [0.3, 0.4) is 0 Å². The first-order chi connectivity index (χ1) is 9.28. The lowest BCUT2D eigenvalue weighted by Crippen LogP contribution is -2.25. The van der Waals surface area contributed by atoms with Crippen LogP contribution in [-0.4, -0.2) is 34.7 Å². The normalized spacial score (nSPS) is 22.9. The van der Waals surface area contributed by atoms with Crippen LogP contribution in [0.15, 0.2) is 35.3 Å². The van der Waals surface area contributed by atoms with Crippen molar-refractivity contribution in [2.45, 2.75) is 18.6 Å². The van der Waals surface area contributed by atoms with Gasteiger partial charge in [0.2, 0.25) is 0 Å². The molecule has 0 spiro atoms. The molecule has 2 aromatic heterocycles. The first-order valence-corrected chi connectivity index (χ1v) is 6.96. The Hall–Kier alpha value is -1.40. The highest BCUT2D eigenvalue weighted by atomic mass is 79.9. The van der Waals surface area contributed by atoms with Gasteiger partial charge in [-0.15, -0.1) is 0 Å². The van der Waals surface area contributed by atoms with E-state index in [1.165, 1.54) is 0 Å². The second kappa shape index (κ2) is 5.30. The third-order valence-corrected chi connectivity index (χ3v) is 3.89. The lowest BCUT2D eigenvalue weighted by atomic mass is 10.2. The van der Waals surface area contributed by atoms with E-state index < -0.39 is 0 Å². The van der Waals surface area contributed by atoms with Crippen LogP contribution in [0.25, 0.3) is 0 Å². The van der Waals surface area contributed by atoms with Crippen molar-refractivity contribution in [3.63, 3.8) is 0 Å². The molecule has 100 valence electrons. The number of hydrogen-bond acceptors (Lipinski definition) is 4. The average molecular weight is 323 g/mol. The summed E-state index contributed by atoms with van der Waals surface area (Å²) in [5, 5.41) is 0. The number of methoxy groups -OCH3 is 1. The van der Waals surface area contributed by atoms with Crippen molar-refractivity contribution in [3.8, 4) is 0 Å². The maximum absolute atomic E-state index is 5.51. The zero-order valence-electron chi connectivity index (χ0n) is 10.6. The van der Waals surface area contributed by atoms with Crippen molar-refractivity contribution in [1.82, 2.24) is 15.0 Å². The molecule has 0 saturated carbocycles. The number of halogens is 1. The van der Waals surface area contributed by atoms with Gasteiger partial charge in [-0.05, 0) is 22.0 Å². The Bertz CT molecular complexity index is 545. The molecule has 1 aliphatic heterocycles. The smallest absolute Gasteiger partial charge is 0.128 e. The second-order valence-electron chi connectivity index (χ2n) is 4.60. The molecule has 5 nitrogen and oxygen atoms in total. The molecule has 0 aromatic carbocycles. The number of aromatic amines is 1. The predicted octanol–water partition coefficient (Wildman–Crippen LogP) is 2.53. The number of anilines is 1. The summed E-state index contributed by atoms with van der Waals surface area (Å²) < 4.78 is 6.48. The molecule has 2 aromatic rings. The van der Waals surface area contributed by atoms with Crippen LogP contribution in [0, 0.1) is 0 Å². The van der Waals surface area contributed by atoms with Gasteiger partial charge in [0.25, 0.3) is 0 Å². The molecule has 0 radical (unpaired) electrons. The van der Waals surface area contributed by atoms with E-state index in [1.807, 2.05) is 12.4 Å². The first-order valence-electron chi connectivity index (χ1n) is 6.17. The fourth-order valence-corrected chi connectivity index (χ4v) is 2.88. The van der Waals surface area contributed by atoms with E-state index >= 15 is 0 Å². The molecule has 3 rings (SSSR count). The van der Waals surface area contributed by atoms with Gasteiger partial charge < -0.3 is 14.6 Å². The minimum atomic E-state index is 0.205. The van der Waals surface area contributed by atoms with Gasteiger partial charge in [0.15, 0.2) is 0 Å². The van der Waals surface area contributed by atoms with Gasteiger partial charge in [0, 0.05) is 43.1 Å². The minimum absolute atomic E-state index is 0.205. The van der Waals surface area contributed by atoms with Crippen LogP contribution < -0.4 is 4.90 Å². The minimum Gasteiger partial charge on any atom is -0.380 e. The summed E-state index contributed by atoms with van der Waals surface area (Å²) in [6.45, 7) is 0.847. The van der Waals surface area contributed by atoms with Gasteiger partial charge >= 0.3 is 0 Å². The molecule has 3 heterocycles. The summed E-state index contributed by atoms with van der Waals surface area (Å²) in [6.07, 6.45) is 8.44. The Morgan fingerprint density at radius 2 is 2.37 bits per heavy atom. The maximum Gasteiger partial charge on any atom is 0.128 e. The van der Waals surface area contributed by atoms with Gasteiger partial charge in [0.1, 0.15) is 5.82 Å². The SMILES string of the molecule is CO[C@@H]1CC(c2ncc[nH]2)N(c2cncc(Br)c2)C1. The standard InChI is InChI=1S/C13H15BrN4O/c1-19-11-5-12(13-16-2-3-17-13)18(8-11)10-4-9(14)6-15-7-10/h2-4,6-7,11-12H,5,8H2,1H3,(H,16,17)/t11-,12?/m1/s1. The Morgan fingerprint density at radius 1 is 1.47 bits per heavy atom. The van der Waals surface area contributed by atoms with E-state index in [-0.39, 0.29) is 12.1 Å². The van der Waals surface area contributed by atoms with Crippen LogP contribution >= 0.6 is 15.9 Å². The van der Waals surface area contributed by atoms with Crippen LogP contribution in [0.4, 0.5) is 5.69 Å². The van der Waals surface area contributed by atoms with Crippen molar-refractivity contribution in [3.05, 3.63) is 41.2 Å². The number of imidazole rings is 1. The number of ether oxygens (including phenoxy) is 1. The summed E-state index contributed by atoms with van der Waals surface area (Å²) in [5.74, 6) is 0.972. The van der Waals surface area contributed by atoms with E-state index in [0.717, 1.165) is 29.0 Å². The molecule has 0 aliphatic carbocycles. The van der Waals surface area contributed by atoms with E-state index in [1.54, 1.807) is 19.5 Å². The van der Waals surface area contributed by atoms with Gasteiger partial charge in [-0.1, -0.05) is 0 Å². The molecule has 0 amide bonds. The summed E-state index contributed by atoms with van der Waals surface area (Å²) in [5.41, 5.74) is 1.08. The van der Waals surface area contributed by atoms with E-state index in [2.05, 4.69) is 41.8 Å². The van der Waals surface area contributed by atoms with Gasteiger partial charge in [-0.2, -0.15) is 0 Å². The number of hydrogen-bond donors (Lipinski definition) is 1. The fourth-order valence-electron chi connectivity index (χ4n) is 2.53. The Kier molecular flexibility index (Phi) is 3.52. The monoisotopic (exact) mass is 322 g/mol. The number of nitrogens with zero attached hydrogens (tertiary/aromatic N) is 3. The maximum atomic E-state index is 5.51. The molecule has 6 heteroatoms. The fraction of sp³-hybridized carbons (Fsp3) is 0.385. The van der Waals surface area contributed by atoms with E-state index in [4.69, 9.17) is 4.74 Å². The lowest BCUT2D eigenvalue weighted by molar-refractivity contribution is 0.118. The molecule has 1 saturated heterocycles. The van der Waals surface area contributed by atoms with E-state index in [9.17, 15) is 0 Å². The Balaban J connectivity index is 1.93. The molecule has 0 bridgehead atoms. The average Bonchev–Trinajstić information content (AvgIpc) is 3.07. The summed E-state index contributed by atoms with van der Waals surface area (Å²) >= 11 is 3.47. The van der Waals surface area contributed by atoms with Gasteiger partial charge in [-0.3, -0.25) is 4.98 Å². The van der Waals surface area contributed by atoms with Crippen LogP contribution in [-0.2, 0) is 4.74 Å². The zero-order chi connectivity index (χ0) is 13.2. The highest BCUT2D eigenvalue weighted by molar-refractivity contribution is 9.10. The predicted molar refractivity (Wildman–Crippen MR) is 76.0 cm³/mol. The van der Waals surface area contributed by atoms with Crippen LogP contribution in [0.5, 0.6) is 0 Å². The summed E-state index contributed by atoms with van der Waals surface area (Å²) in [6, 6.07) is 2.28. The van der Waals surface area contributed by atoms with Crippen molar-refractivity contribution in [2.75, 3.05) is 18.6 Å². The quantitative estimate of drug-likeness (QED) is 0.943. The number of rotatable bonds is 3. The molecular weight excluding hydrogens is 308 g/mol. The van der Waals surface area contributed by atoms with Crippen molar-refractivity contribution >= 4 is 21.6 Å². The highest BCUT2D eigenvalue weighted by Crippen LogP contribution is 2.36. The number of nitrogens with one attached hydrogen (secondary N) is 1. The number of H-pyrrole nitrogens is 1. The van der Waals surface area contributed by atoms with Crippen LogP contribution in [0.1, 0.15) is 18.3 Å². The molecule has 1 fully saturated rings. The van der Waals surface area contributed by atoms with Gasteiger partial charge in [-0.25, -0.2) is 4.98 Å². The molecule has 1 unspecified atom stereocenters. The van der Waals surface area contributed by atoms with E-state index in [0.29, 0.717) is 0 Å². The molecule has 2 atom stereocenters. The Labute approximate surface area is 120 Å². The highest BCUT2D eigenvalue weighted by Gasteiger charge is 2.35. The summed E-state index contributed by atoms with van der Waals surface area (Å²) in [4.78, 5) is 14.1. The van der Waals surface area contributed by atoms with Crippen LogP contribution in [0.2, 0.25) is 0 Å². The third kappa shape index (κ3) is 2.50. The summed E-state index contributed by atoms with van der Waals surface area (Å²) in [7, 11) is 1.76. The first kappa shape index (κ1) is 12.6. The Morgan fingerprint density at radius 3 is 3.05 bits per heavy atom. The number of aromatic nitrogens is 3. The van der Waals surface area contributed by atoms with Crippen molar-refractivity contribution in [1.29, 1.82) is 0 Å².